The molecule has 0 saturated carbocycles. The predicted octanol–water partition coefficient (Wildman–Crippen LogP) is 3.88. The van der Waals surface area contributed by atoms with Gasteiger partial charge in [-0.3, -0.25) is 0 Å². The average Bonchev–Trinajstić information content (AvgIpc) is 2.81. The van der Waals surface area contributed by atoms with E-state index < -0.39 is 5.82 Å². The fraction of sp³-hybridized carbons (Fsp3) is 0.182. The molecular weight excluding hydrogens is 268 g/mol. The maximum atomic E-state index is 13.4. The maximum absolute atomic E-state index is 13.4. The van der Waals surface area contributed by atoms with Gasteiger partial charge in [-0.05, 0) is 12.1 Å². The minimum absolute atomic E-state index is 0.0387. The van der Waals surface area contributed by atoms with E-state index in [9.17, 15) is 4.39 Å². The number of aromatic nitrogens is 1. The van der Waals surface area contributed by atoms with Gasteiger partial charge in [-0.25, -0.2) is 4.39 Å². The molecule has 0 fully saturated rings. The largest absolute Gasteiger partial charge is 0.494 e. The molecule has 0 spiro atoms. The molecule has 0 atom stereocenters. The summed E-state index contributed by atoms with van der Waals surface area (Å²) in [5.41, 5.74) is 1.18. The highest BCUT2D eigenvalue weighted by molar-refractivity contribution is 6.31. The Morgan fingerprint density at radius 1 is 1.41 bits per heavy atom. The number of hydrogen-bond donors (Lipinski definition) is 0. The van der Waals surface area contributed by atoms with E-state index in [0.29, 0.717) is 17.0 Å². The van der Waals surface area contributed by atoms with Crippen molar-refractivity contribution in [2.75, 3.05) is 7.11 Å². The molecule has 0 unspecified atom stereocenters. The highest BCUT2D eigenvalue weighted by Crippen LogP contribution is 2.32. The van der Waals surface area contributed by atoms with Crippen molar-refractivity contribution >= 4 is 23.2 Å². The molecule has 0 aliphatic heterocycles. The van der Waals surface area contributed by atoms with Crippen LogP contribution >= 0.6 is 23.2 Å². The lowest BCUT2D eigenvalue weighted by Gasteiger charge is -2.05. The summed E-state index contributed by atoms with van der Waals surface area (Å²) >= 11 is 11.4. The Morgan fingerprint density at radius 2 is 2.18 bits per heavy atom. The van der Waals surface area contributed by atoms with Crippen LogP contribution in [0.25, 0.3) is 11.3 Å². The number of halogens is 3. The zero-order valence-corrected chi connectivity index (χ0v) is 10.3. The zero-order valence-electron chi connectivity index (χ0n) is 8.84. The second-order valence-electron chi connectivity index (χ2n) is 3.29. The summed E-state index contributed by atoms with van der Waals surface area (Å²) in [4.78, 5) is 0. The molecule has 0 saturated heterocycles. The predicted molar refractivity (Wildman–Crippen MR) is 63.0 cm³/mol. The van der Waals surface area contributed by atoms with Crippen LogP contribution in [0.5, 0.6) is 5.75 Å². The summed E-state index contributed by atoms with van der Waals surface area (Å²) in [7, 11) is 1.36. The first-order chi connectivity index (χ1) is 8.15. The first-order valence-corrected chi connectivity index (χ1v) is 5.62. The van der Waals surface area contributed by atoms with Crippen molar-refractivity contribution in [3.8, 4) is 17.1 Å². The molecule has 0 aliphatic rings. The van der Waals surface area contributed by atoms with Crippen molar-refractivity contribution in [2.45, 2.75) is 5.88 Å². The number of rotatable bonds is 3. The van der Waals surface area contributed by atoms with Crippen LogP contribution < -0.4 is 4.74 Å². The third kappa shape index (κ3) is 2.37. The zero-order chi connectivity index (χ0) is 12.4. The molecule has 17 heavy (non-hydrogen) atoms. The fourth-order valence-electron chi connectivity index (χ4n) is 1.37. The van der Waals surface area contributed by atoms with E-state index in [2.05, 4.69) is 5.16 Å². The molecule has 6 heteroatoms. The summed E-state index contributed by atoms with van der Waals surface area (Å²) in [6.07, 6.45) is 0. The molecular formula is C11H8Cl2FNO2. The Balaban J connectivity index is 2.48. The number of methoxy groups -OCH3 is 1. The second kappa shape index (κ2) is 4.94. The van der Waals surface area contributed by atoms with Crippen molar-refractivity contribution in [1.29, 1.82) is 0 Å². The molecule has 2 aromatic rings. The standard InChI is InChI=1S/C11H8Cl2FNO2/c1-16-10-3-6(2-8(13)11(10)14)9-4-7(5-12)15-17-9/h2-4H,5H2,1H3. The number of alkyl halides is 1. The first kappa shape index (κ1) is 12.2. The van der Waals surface area contributed by atoms with Crippen molar-refractivity contribution in [2.24, 2.45) is 0 Å². The van der Waals surface area contributed by atoms with Crippen LogP contribution in [0.15, 0.2) is 22.7 Å². The summed E-state index contributed by atoms with van der Waals surface area (Å²) in [6.45, 7) is 0. The molecule has 2 rings (SSSR count). The van der Waals surface area contributed by atoms with Crippen LogP contribution in [-0.2, 0) is 5.88 Å². The maximum Gasteiger partial charge on any atom is 0.183 e. The normalized spacial score (nSPS) is 10.6. The lowest BCUT2D eigenvalue weighted by molar-refractivity contribution is 0.386. The second-order valence-corrected chi connectivity index (χ2v) is 3.96. The van der Waals surface area contributed by atoms with Gasteiger partial charge in [0, 0.05) is 11.6 Å². The molecule has 1 aromatic heterocycles. The number of benzene rings is 1. The molecule has 0 N–H and O–H groups in total. The number of nitrogens with zero attached hydrogens (tertiary/aromatic N) is 1. The number of hydrogen-bond acceptors (Lipinski definition) is 3. The van der Waals surface area contributed by atoms with Crippen LogP contribution in [-0.4, -0.2) is 12.3 Å². The fourth-order valence-corrected chi connectivity index (χ4v) is 1.70. The van der Waals surface area contributed by atoms with Crippen LogP contribution in [0, 0.1) is 5.82 Å². The van der Waals surface area contributed by atoms with E-state index in [4.69, 9.17) is 32.5 Å². The number of ether oxygens (including phenoxy) is 1. The summed E-state index contributed by atoms with van der Waals surface area (Å²) in [5.74, 6) is 0.155. The Labute approximate surface area is 107 Å². The summed E-state index contributed by atoms with van der Waals surface area (Å²) in [5, 5.41) is 3.70. The quantitative estimate of drug-likeness (QED) is 0.798. The molecule has 1 aromatic carbocycles. The van der Waals surface area contributed by atoms with Crippen LogP contribution in [0.4, 0.5) is 4.39 Å². The third-order valence-electron chi connectivity index (χ3n) is 2.20. The van der Waals surface area contributed by atoms with Crippen molar-refractivity contribution in [3.63, 3.8) is 0 Å². The highest BCUT2D eigenvalue weighted by Gasteiger charge is 2.13. The van der Waals surface area contributed by atoms with Crippen LogP contribution in [0.2, 0.25) is 5.02 Å². The molecule has 90 valence electrons. The minimum Gasteiger partial charge on any atom is -0.494 e. The van der Waals surface area contributed by atoms with E-state index >= 15 is 0 Å². The van der Waals surface area contributed by atoms with Crippen molar-refractivity contribution in [3.05, 3.63) is 34.7 Å². The van der Waals surface area contributed by atoms with Gasteiger partial charge in [0.2, 0.25) is 0 Å². The van der Waals surface area contributed by atoms with Gasteiger partial charge < -0.3 is 9.26 Å². The lowest BCUT2D eigenvalue weighted by atomic mass is 10.1. The summed E-state index contributed by atoms with van der Waals surface area (Å²) in [6, 6.07) is 4.59. The van der Waals surface area contributed by atoms with E-state index in [0.717, 1.165) is 0 Å². The Hall–Kier alpha value is -1.26. The van der Waals surface area contributed by atoms with Gasteiger partial charge in [0.1, 0.15) is 0 Å². The van der Waals surface area contributed by atoms with E-state index in [1.54, 1.807) is 6.07 Å². The van der Waals surface area contributed by atoms with Gasteiger partial charge in [0.05, 0.1) is 23.7 Å². The van der Waals surface area contributed by atoms with E-state index in [-0.39, 0.29) is 16.7 Å². The monoisotopic (exact) mass is 275 g/mol. The van der Waals surface area contributed by atoms with E-state index in [1.807, 2.05) is 0 Å². The molecule has 0 amide bonds. The van der Waals surface area contributed by atoms with Gasteiger partial charge in [0.15, 0.2) is 17.3 Å². The van der Waals surface area contributed by atoms with Gasteiger partial charge in [-0.2, -0.15) is 0 Å². The smallest absolute Gasteiger partial charge is 0.183 e. The highest BCUT2D eigenvalue weighted by atomic mass is 35.5. The minimum atomic E-state index is -0.602. The average molecular weight is 276 g/mol. The topological polar surface area (TPSA) is 35.3 Å². The molecule has 0 aliphatic carbocycles. The third-order valence-corrected chi connectivity index (χ3v) is 2.74. The summed E-state index contributed by atoms with van der Waals surface area (Å²) < 4.78 is 23.4. The van der Waals surface area contributed by atoms with Crippen molar-refractivity contribution in [1.82, 2.24) is 5.16 Å². The lowest BCUT2D eigenvalue weighted by Crippen LogP contribution is -1.90. The van der Waals surface area contributed by atoms with Crippen LogP contribution in [0.1, 0.15) is 5.69 Å². The van der Waals surface area contributed by atoms with Crippen molar-refractivity contribution < 1.29 is 13.7 Å². The molecule has 0 bridgehead atoms. The van der Waals surface area contributed by atoms with Gasteiger partial charge in [-0.15, -0.1) is 11.6 Å². The van der Waals surface area contributed by atoms with Gasteiger partial charge >= 0.3 is 0 Å². The Kier molecular flexibility index (Phi) is 3.54. The van der Waals surface area contributed by atoms with Crippen LogP contribution in [0.3, 0.4) is 0 Å². The molecule has 1 heterocycles. The SMILES string of the molecule is COc1cc(-c2cc(CCl)no2)cc(Cl)c1F. The van der Waals surface area contributed by atoms with Gasteiger partial charge in [0.25, 0.3) is 0 Å². The van der Waals surface area contributed by atoms with E-state index in [1.165, 1.54) is 19.2 Å². The Bertz CT molecular complexity index is 542. The first-order valence-electron chi connectivity index (χ1n) is 4.70. The van der Waals surface area contributed by atoms with Gasteiger partial charge in [-0.1, -0.05) is 16.8 Å². The Morgan fingerprint density at radius 3 is 2.76 bits per heavy atom. The molecule has 0 radical (unpaired) electrons. The molecule has 3 nitrogen and oxygen atoms in total.